The zero-order valence-corrected chi connectivity index (χ0v) is 15.0. The Bertz CT molecular complexity index is 698. The molecular weight excluding hydrogens is 363 g/mol. The standard InChI is InChI=1S/C18H22F3N3O3/c1-13(25)23-9-6-17(7-10-23)8-11-24(12-17)16(26)22-14-2-4-15(5-3-14)27-18(19,20)21/h2-5H,6-12H2,1H3,(H,22,26). The molecule has 0 aliphatic carbocycles. The number of piperidine rings is 1. The number of rotatable bonds is 2. The van der Waals surface area contributed by atoms with Crippen molar-refractivity contribution in [3.63, 3.8) is 0 Å². The maximum absolute atomic E-state index is 12.5. The number of benzene rings is 1. The number of anilines is 1. The quantitative estimate of drug-likeness (QED) is 0.848. The first-order valence-corrected chi connectivity index (χ1v) is 8.83. The number of urea groups is 1. The maximum atomic E-state index is 12.5. The van der Waals surface area contributed by atoms with Crippen molar-refractivity contribution in [2.45, 2.75) is 32.5 Å². The van der Waals surface area contributed by atoms with E-state index in [2.05, 4.69) is 10.1 Å². The molecule has 2 aliphatic heterocycles. The summed E-state index contributed by atoms with van der Waals surface area (Å²) in [7, 11) is 0. The van der Waals surface area contributed by atoms with Crippen LogP contribution in [0, 0.1) is 5.41 Å². The van der Waals surface area contributed by atoms with Crippen molar-refractivity contribution < 1.29 is 27.5 Å². The Hall–Kier alpha value is -2.45. The molecule has 1 N–H and O–H groups in total. The summed E-state index contributed by atoms with van der Waals surface area (Å²) in [4.78, 5) is 27.5. The van der Waals surface area contributed by atoms with Gasteiger partial charge in [0.25, 0.3) is 0 Å². The van der Waals surface area contributed by atoms with E-state index in [-0.39, 0.29) is 23.1 Å². The number of carbonyl (C=O) groups excluding carboxylic acids is 2. The van der Waals surface area contributed by atoms with Crippen LogP contribution >= 0.6 is 0 Å². The Morgan fingerprint density at radius 2 is 1.59 bits per heavy atom. The summed E-state index contributed by atoms with van der Waals surface area (Å²) in [5, 5.41) is 2.71. The normalized spacial score (nSPS) is 19.3. The molecule has 3 amide bonds. The number of likely N-dealkylation sites (tertiary alicyclic amines) is 2. The van der Waals surface area contributed by atoms with Crippen LogP contribution in [0.25, 0.3) is 0 Å². The second-order valence-electron chi connectivity index (χ2n) is 7.18. The number of nitrogens with one attached hydrogen (secondary N) is 1. The second kappa shape index (κ2) is 7.28. The van der Waals surface area contributed by atoms with E-state index >= 15 is 0 Å². The molecule has 27 heavy (non-hydrogen) atoms. The monoisotopic (exact) mass is 385 g/mol. The number of hydrogen-bond acceptors (Lipinski definition) is 3. The number of halogens is 3. The summed E-state index contributed by atoms with van der Waals surface area (Å²) in [6.07, 6.45) is -2.10. The third-order valence-electron chi connectivity index (χ3n) is 5.33. The predicted molar refractivity (Wildman–Crippen MR) is 92.3 cm³/mol. The number of nitrogens with zero attached hydrogens (tertiary/aromatic N) is 2. The van der Waals surface area contributed by atoms with Gasteiger partial charge in [-0.05, 0) is 48.9 Å². The first-order chi connectivity index (χ1) is 12.7. The summed E-state index contributed by atoms with van der Waals surface area (Å²) in [5.74, 6) is -0.256. The lowest BCUT2D eigenvalue weighted by Crippen LogP contribution is -2.44. The minimum atomic E-state index is -4.74. The van der Waals surface area contributed by atoms with Gasteiger partial charge in [-0.3, -0.25) is 4.79 Å². The number of ether oxygens (including phenoxy) is 1. The van der Waals surface area contributed by atoms with E-state index in [1.54, 1.807) is 11.8 Å². The lowest BCUT2D eigenvalue weighted by Gasteiger charge is -2.38. The summed E-state index contributed by atoms with van der Waals surface area (Å²) in [5.41, 5.74) is 0.454. The van der Waals surface area contributed by atoms with Gasteiger partial charge in [-0.1, -0.05) is 0 Å². The highest BCUT2D eigenvalue weighted by Gasteiger charge is 2.42. The van der Waals surface area contributed by atoms with Gasteiger partial charge in [-0.2, -0.15) is 0 Å². The van der Waals surface area contributed by atoms with E-state index in [0.717, 1.165) is 31.4 Å². The minimum absolute atomic E-state index is 0.0493. The van der Waals surface area contributed by atoms with Crippen molar-refractivity contribution in [3.8, 4) is 5.75 Å². The average molecular weight is 385 g/mol. The molecule has 2 saturated heterocycles. The summed E-state index contributed by atoms with van der Waals surface area (Å²) in [6, 6.07) is 4.79. The predicted octanol–water partition coefficient (Wildman–Crippen LogP) is 3.45. The van der Waals surface area contributed by atoms with Gasteiger partial charge in [-0.15, -0.1) is 13.2 Å². The van der Waals surface area contributed by atoms with E-state index in [4.69, 9.17) is 0 Å². The van der Waals surface area contributed by atoms with Crippen molar-refractivity contribution in [3.05, 3.63) is 24.3 Å². The fourth-order valence-electron chi connectivity index (χ4n) is 3.76. The highest BCUT2D eigenvalue weighted by atomic mass is 19.4. The molecule has 1 spiro atoms. The summed E-state index contributed by atoms with van der Waals surface area (Å²) in [6.45, 7) is 4.25. The van der Waals surface area contributed by atoms with Gasteiger partial charge in [0.05, 0.1) is 0 Å². The van der Waals surface area contributed by atoms with Crippen molar-refractivity contribution in [2.75, 3.05) is 31.5 Å². The van der Waals surface area contributed by atoms with Crippen LogP contribution in [0.3, 0.4) is 0 Å². The molecule has 2 fully saturated rings. The smallest absolute Gasteiger partial charge is 0.406 e. The fourth-order valence-corrected chi connectivity index (χ4v) is 3.76. The van der Waals surface area contributed by atoms with Crippen molar-refractivity contribution in [1.82, 2.24) is 9.80 Å². The molecule has 0 bridgehead atoms. The van der Waals surface area contributed by atoms with Crippen LogP contribution in [0.2, 0.25) is 0 Å². The van der Waals surface area contributed by atoms with E-state index < -0.39 is 6.36 Å². The topological polar surface area (TPSA) is 61.9 Å². The molecule has 9 heteroatoms. The fraction of sp³-hybridized carbons (Fsp3) is 0.556. The minimum Gasteiger partial charge on any atom is -0.406 e. The van der Waals surface area contributed by atoms with Gasteiger partial charge in [-0.25, -0.2) is 4.79 Å². The Labute approximate surface area is 155 Å². The van der Waals surface area contributed by atoms with Crippen LogP contribution in [0.1, 0.15) is 26.2 Å². The van der Waals surface area contributed by atoms with Crippen LogP contribution in [-0.4, -0.2) is 54.3 Å². The lowest BCUT2D eigenvalue weighted by atomic mass is 9.78. The van der Waals surface area contributed by atoms with E-state index in [1.165, 1.54) is 12.1 Å². The highest BCUT2D eigenvalue weighted by Crippen LogP contribution is 2.40. The number of amides is 3. The zero-order valence-electron chi connectivity index (χ0n) is 15.0. The third kappa shape index (κ3) is 4.84. The number of carbonyl (C=O) groups is 2. The molecule has 2 heterocycles. The SMILES string of the molecule is CC(=O)N1CCC2(CC1)CCN(C(=O)Nc1ccc(OC(F)(F)F)cc1)C2. The molecule has 0 saturated carbocycles. The van der Waals surface area contributed by atoms with E-state index in [1.807, 2.05) is 4.90 Å². The van der Waals surface area contributed by atoms with Gasteiger partial charge >= 0.3 is 12.4 Å². The molecule has 3 rings (SSSR count). The first-order valence-electron chi connectivity index (χ1n) is 8.83. The maximum Gasteiger partial charge on any atom is 0.573 e. The molecule has 1 aromatic carbocycles. The largest absolute Gasteiger partial charge is 0.573 e. The Balaban J connectivity index is 1.53. The van der Waals surface area contributed by atoms with Gasteiger partial charge in [0.1, 0.15) is 5.75 Å². The van der Waals surface area contributed by atoms with Gasteiger partial charge < -0.3 is 19.9 Å². The molecule has 0 unspecified atom stereocenters. The van der Waals surface area contributed by atoms with Crippen LogP contribution in [0.5, 0.6) is 5.75 Å². The Morgan fingerprint density at radius 1 is 1.04 bits per heavy atom. The van der Waals surface area contributed by atoms with Gasteiger partial charge in [0, 0.05) is 38.8 Å². The zero-order chi connectivity index (χ0) is 19.7. The Morgan fingerprint density at radius 3 is 2.11 bits per heavy atom. The molecule has 0 aromatic heterocycles. The van der Waals surface area contributed by atoms with Crippen LogP contribution in [0.4, 0.5) is 23.7 Å². The third-order valence-corrected chi connectivity index (χ3v) is 5.33. The van der Waals surface area contributed by atoms with Gasteiger partial charge in [0.15, 0.2) is 0 Å². The molecule has 0 radical (unpaired) electrons. The number of hydrogen-bond donors (Lipinski definition) is 1. The molecule has 148 valence electrons. The van der Waals surface area contributed by atoms with Crippen LogP contribution in [-0.2, 0) is 4.79 Å². The van der Waals surface area contributed by atoms with Crippen LogP contribution in [0.15, 0.2) is 24.3 Å². The van der Waals surface area contributed by atoms with E-state index in [9.17, 15) is 22.8 Å². The van der Waals surface area contributed by atoms with Crippen molar-refractivity contribution in [2.24, 2.45) is 5.41 Å². The molecular formula is C18H22F3N3O3. The molecule has 1 aromatic rings. The summed E-state index contributed by atoms with van der Waals surface area (Å²) < 4.78 is 40.3. The average Bonchev–Trinajstić information content (AvgIpc) is 2.99. The summed E-state index contributed by atoms with van der Waals surface area (Å²) >= 11 is 0. The van der Waals surface area contributed by atoms with Crippen LogP contribution < -0.4 is 10.1 Å². The first kappa shape index (κ1) is 19.3. The lowest BCUT2D eigenvalue weighted by molar-refractivity contribution is -0.274. The van der Waals surface area contributed by atoms with Crippen molar-refractivity contribution in [1.29, 1.82) is 0 Å². The molecule has 2 aliphatic rings. The molecule has 0 atom stereocenters. The van der Waals surface area contributed by atoms with Gasteiger partial charge in [0.2, 0.25) is 5.91 Å². The number of alkyl halides is 3. The van der Waals surface area contributed by atoms with Crippen molar-refractivity contribution >= 4 is 17.6 Å². The van der Waals surface area contributed by atoms with E-state index in [0.29, 0.717) is 31.9 Å². The Kier molecular flexibility index (Phi) is 5.21. The molecule has 6 nitrogen and oxygen atoms in total. The second-order valence-corrected chi connectivity index (χ2v) is 7.18. The highest BCUT2D eigenvalue weighted by molar-refractivity contribution is 5.89.